The summed E-state index contributed by atoms with van der Waals surface area (Å²) in [6.45, 7) is 1.16. The van der Waals surface area contributed by atoms with Crippen LogP contribution in [0.25, 0.3) is 11.4 Å². The molecule has 3 heterocycles. The van der Waals surface area contributed by atoms with Gasteiger partial charge in [-0.25, -0.2) is 14.4 Å². The summed E-state index contributed by atoms with van der Waals surface area (Å²) in [5, 5.41) is 3.05. The molecule has 10 heteroatoms. The van der Waals surface area contributed by atoms with Crippen molar-refractivity contribution in [2.75, 3.05) is 20.8 Å². The summed E-state index contributed by atoms with van der Waals surface area (Å²) < 4.78 is 25.8. The molecule has 2 aliphatic rings. The third-order valence-electron chi connectivity index (χ3n) is 7.74. The van der Waals surface area contributed by atoms with E-state index in [4.69, 9.17) is 26.1 Å². The number of nitrogens with one attached hydrogen (secondary N) is 1. The van der Waals surface area contributed by atoms with Gasteiger partial charge in [-0.15, -0.1) is 0 Å². The van der Waals surface area contributed by atoms with Gasteiger partial charge in [0, 0.05) is 24.6 Å². The predicted octanol–water partition coefficient (Wildman–Crippen LogP) is 5.30. The van der Waals surface area contributed by atoms with Crippen molar-refractivity contribution in [3.05, 3.63) is 105 Å². The molecule has 1 saturated heterocycles. The Hall–Kier alpha value is -4.50. The Bertz CT molecular complexity index is 1670. The van der Waals surface area contributed by atoms with Crippen molar-refractivity contribution in [2.45, 2.75) is 31.8 Å². The summed E-state index contributed by atoms with van der Waals surface area (Å²) in [5.74, 6) is 0.469. The fourth-order valence-corrected chi connectivity index (χ4v) is 5.82. The highest BCUT2D eigenvalue weighted by Crippen LogP contribution is 2.35. The van der Waals surface area contributed by atoms with E-state index < -0.39 is 5.82 Å². The molecule has 1 unspecified atom stereocenters. The van der Waals surface area contributed by atoms with E-state index in [1.165, 1.54) is 12.1 Å². The van der Waals surface area contributed by atoms with Crippen LogP contribution >= 0.6 is 11.6 Å². The minimum atomic E-state index is -0.545. The number of ether oxygens (including phenoxy) is 2. The van der Waals surface area contributed by atoms with Crippen molar-refractivity contribution >= 4 is 23.4 Å². The average Bonchev–Trinajstić information content (AvgIpc) is 3.56. The number of rotatable bonds is 8. The minimum absolute atomic E-state index is 0.0296. The molecular formula is C32H28ClFN4O4. The average molecular weight is 587 g/mol. The van der Waals surface area contributed by atoms with Crippen LogP contribution in [0.15, 0.2) is 60.7 Å². The first-order valence-electron chi connectivity index (χ1n) is 13.6. The highest BCUT2D eigenvalue weighted by Gasteiger charge is 2.34. The lowest BCUT2D eigenvalue weighted by molar-refractivity contribution is -0.120. The Morgan fingerprint density at radius 3 is 2.52 bits per heavy atom. The van der Waals surface area contributed by atoms with E-state index in [0.717, 1.165) is 23.1 Å². The second-order valence-electron chi connectivity index (χ2n) is 10.3. The number of carbonyl (C=O) groups is 2. The van der Waals surface area contributed by atoms with Crippen molar-refractivity contribution in [2.24, 2.45) is 0 Å². The van der Waals surface area contributed by atoms with Gasteiger partial charge in [0.05, 0.1) is 60.8 Å². The molecule has 2 aliphatic heterocycles. The Morgan fingerprint density at radius 1 is 1.02 bits per heavy atom. The summed E-state index contributed by atoms with van der Waals surface area (Å²) in [6.07, 6.45) is 1.07. The van der Waals surface area contributed by atoms with Gasteiger partial charge in [-0.05, 0) is 41.8 Å². The van der Waals surface area contributed by atoms with Crippen molar-refractivity contribution in [3.8, 4) is 22.9 Å². The second-order valence-corrected chi connectivity index (χ2v) is 10.7. The van der Waals surface area contributed by atoms with Gasteiger partial charge in [-0.2, -0.15) is 0 Å². The highest BCUT2D eigenvalue weighted by atomic mass is 35.5. The number of benzene rings is 3. The van der Waals surface area contributed by atoms with E-state index in [-0.39, 0.29) is 47.2 Å². The quantitative estimate of drug-likeness (QED) is 0.301. The van der Waals surface area contributed by atoms with Crippen molar-refractivity contribution < 1.29 is 23.5 Å². The number of fused-ring (bicyclic) bond motifs is 1. The van der Waals surface area contributed by atoms with E-state index in [9.17, 15) is 14.0 Å². The first-order valence-corrected chi connectivity index (χ1v) is 13.9. The monoisotopic (exact) mass is 586 g/mol. The summed E-state index contributed by atoms with van der Waals surface area (Å²) in [6, 6.07) is 17.6. The normalized spacial score (nSPS) is 16.0. The van der Waals surface area contributed by atoms with Crippen LogP contribution in [0.5, 0.6) is 11.5 Å². The molecule has 2 amide bonds. The number of methoxy groups -OCH3 is 2. The molecule has 1 N–H and O–H groups in total. The molecule has 1 aromatic heterocycles. The van der Waals surface area contributed by atoms with Gasteiger partial charge in [0.1, 0.15) is 17.3 Å². The Labute approximate surface area is 247 Å². The van der Waals surface area contributed by atoms with E-state index in [1.54, 1.807) is 31.3 Å². The molecule has 42 heavy (non-hydrogen) atoms. The third-order valence-corrected chi connectivity index (χ3v) is 8.06. The molecule has 0 aliphatic carbocycles. The van der Waals surface area contributed by atoms with E-state index in [1.807, 2.05) is 36.4 Å². The van der Waals surface area contributed by atoms with Gasteiger partial charge >= 0.3 is 0 Å². The lowest BCUT2D eigenvalue weighted by Crippen LogP contribution is -2.24. The van der Waals surface area contributed by atoms with Crippen LogP contribution in [0.4, 0.5) is 4.39 Å². The molecule has 0 bridgehead atoms. The second kappa shape index (κ2) is 11.4. The van der Waals surface area contributed by atoms with Crippen LogP contribution in [0.2, 0.25) is 5.02 Å². The smallest absolute Gasteiger partial charge is 0.258 e. The van der Waals surface area contributed by atoms with Gasteiger partial charge in [-0.1, -0.05) is 41.9 Å². The first-order chi connectivity index (χ1) is 20.4. The first kappa shape index (κ1) is 27.7. The molecule has 0 saturated carbocycles. The Morgan fingerprint density at radius 2 is 1.83 bits per heavy atom. The number of halogens is 2. The van der Waals surface area contributed by atoms with Crippen molar-refractivity contribution in [1.82, 2.24) is 20.2 Å². The predicted molar refractivity (Wildman–Crippen MR) is 155 cm³/mol. The highest BCUT2D eigenvalue weighted by molar-refractivity contribution is 6.33. The zero-order valence-corrected chi connectivity index (χ0v) is 23.9. The van der Waals surface area contributed by atoms with Gasteiger partial charge in [0.15, 0.2) is 5.82 Å². The SMILES string of the molecule is COc1ccc(CN2Cc3nc(-c4c(F)cccc4Cl)nc(Cc4ccc(C5CCNC5=O)cc4)c3C2=O)c(OC)c1. The standard InChI is InChI=1S/C32H28ClFN4O4/c1-41-21-11-10-20(27(15-21)42-2)16-38-17-26-29(32(38)40)25(36-30(37-26)28-23(33)4-3-5-24(28)34)14-18-6-8-19(9-7-18)22-12-13-35-31(22)39/h3-11,15,22H,12-14,16-17H2,1-2H3,(H,35,39). The molecule has 6 rings (SSSR count). The van der Waals surface area contributed by atoms with Gasteiger partial charge in [0.25, 0.3) is 5.91 Å². The lowest BCUT2D eigenvalue weighted by atomic mass is 9.95. The number of aromatic nitrogens is 2. The Kier molecular flexibility index (Phi) is 7.51. The van der Waals surface area contributed by atoms with Crippen LogP contribution in [0.3, 0.4) is 0 Å². The molecule has 4 aromatic rings. The molecule has 1 fully saturated rings. The molecule has 214 valence electrons. The summed E-state index contributed by atoms with van der Waals surface area (Å²) >= 11 is 6.39. The number of hydrogen-bond acceptors (Lipinski definition) is 6. The summed E-state index contributed by atoms with van der Waals surface area (Å²) in [4.78, 5) is 37.0. The van der Waals surface area contributed by atoms with E-state index in [2.05, 4.69) is 10.3 Å². The molecule has 1 atom stereocenters. The maximum atomic E-state index is 15.0. The molecule has 3 aromatic carbocycles. The topological polar surface area (TPSA) is 93.6 Å². The number of hydrogen-bond donors (Lipinski definition) is 1. The minimum Gasteiger partial charge on any atom is -0.497 e. The van der Waals surface area contributed by atoms with E-state index >= 15 is 0 Å². The van der Waals surface area contributed by atoms with Gasteiger partial charge < -0.3 is 19.7 Å². The molecule has 0 spiro atoms. The Balaban J connectivity index is 1.37. The fraction of sp³-hybridized carbons (Fsp3) is 0.250. The zero-order chi connectivity index (χ0) is 29.4. The maximum absolute atomic E-state index is 15.0. The van der Waals surface area contributed by atoms with E-state index in [0.29, 0.717) is 41.4 Å². The largest absolute Gasteiger partial charge is 0.497 e. The van der Waals surface area contributed by atoms with Gasteiger partial charge in [0.2, 0.25) is 5.91 Å². The van der Waals surface area contributed by atoms with Crippen LogP contribution in [-0.2, 0) is 24.3 Å². The third kappa shape index (κ3) is 5.16. The van der Waals surface area contributed by atoms with Crippen LogP contribution in [0, 0.1) is 5.82 Å². The molecular weight excluding hydrogens is 559 g/mol. The number of carbonyl (C=O) groups excluding carboxylic acids is 2. The van der Waals surface area contributed by atoms with Crippen LogP contribution in [0.1, 0.15) is 50.8 Å². The molecule has 0 radical (unpaired) electrons. The molecule has 8 nitrogen and oxygen atoms in total. The summed E-state index contributed by atoms with van der Waals surface area (Å²) in [7, 11) is 3.14. The van der Waals surface area contributed by atoms with Crippen LogP contribution < -0.4 is 14.8 Å². The fourth-order valence-electron chi connectivity index (χ4n) is 5.57. The van der Waals surface area contributed by atoms with Crippen molar-refractivity contribution in [1.29, 1.82) is 0 Å². The summed E-state index contributed by atoms with van der Waals surface area (Å²) in [5.41, 5.74) is 4.12. The van der Waals surface area contributed by atoms with Crippen molar-refractivity contribution in [3.63, 3.8) is 0 Å². The van der Waals surface area contributed by atoms with Gasteiger partial charge in [-0.3, -0.25) is 9.59 Å². The van der Waals surface area contributed by atoms with Crippen LogP contribution in [-0.4, -0.2) is 47.4 Å². The number of nitrogens with zero attached hydrogens (tertiary/aromatic N) is 3. The lowest BCUT2D eigenvalue weighted by Gasteiger charge is -2.18. The maximum Gasteiger partial charge on any atom is 0.258 e. The number of amides is 2. The zero-order valence-electron chi connectivity index (χ0n) is 23.1.